The van der Waals surface area contributed by atoms with Crippen molar-refractivity contribution in [2.45, 2.75) is 33.2 Å². The minimum absolute atomic E-state index is 0.213. The number of carbonyl (C=O) groups is 1. The Bertz CT molecular complexity index is 979. The molecule has 26 heavy (non-hydrogen) atoms. The third-order valence-corrected chi connectivity index (χ3v) is 5.47. The first-order chi connectivity index (χ1) is 12.4. The monoisotopic (exact) mass is 408 g/mol. The standard InChI is InChI=1S/C20H19Cl3N2O/c1-3-4-9-25-18-8-6-5-7-13(18)12(2)19(25)20(26)24-17-11-15(22)14(21)10-16(17)23/h5-8,10-11H,3-4,9H2,1-2H3,(H,24,26). The molecule has 0 aliphatic rings. The fourth-order valence-corrected chi connectivity index (χ4v) is 3.71. The first kappa shape index (κ1) is 19.1. The predicted octanol–water partition coefficient (Wildman–Crippen LogP) is 6.96. The summed E-state index contributed by atoms with van der Waals surface area (Å²) in [6.45, 7) is 4.88. The Morgan fingerprint density at radius 2 is 1.77 bits per heavy atom. The van der Waals surface area contributed by atoms with Crippen LogP contribution in [0.5, 0.6) is 0 Å². The summed E-state index contributed by atoms with van der Waals surface area (Å²) in [4.78, 5) is 13.1. The first-order valence-electron chi connectivity index (χ1n) is 8.47. The van der Waals surface area contributed by atoms with Crippen molar-refractivity contribution in [3.63, 3.8) is 0 Å². The number of benzene rings is 2. The number of halogens is 3. The van der Waals surface area contributed by atoms with E-state index in [0.29, 0.717) is 26.4 Å². The van der Waals surface area contributed by atoms with Crippen LogP contribution >= 0.6 is 34.8 Å². The highest BCUT2D eigenvalue weighted by Crippen LogP contribution is 2.33. The molecule has 6 heteroatoms. The molecule has 1 heterocycles. The third-order valence-electron chi connectivity index (χ3n) is 4.43. The lowest BCUT2D eigenvalue weighted by molar-refractivity contribution is 0.101. The Kier molecular flexibility index (Phi) is 5.81. The van der Waals surface area contributed by atoms with Crippen molar-refractivity contribution in [3.8, 4) is 0 Å². The second-order valence-corrected chi connectivity index (χ2v) is 7.42. The molecule has 3 nitrogen and oxygen atoms in total. The van der Waals surface area contributed by atoms with E-state index in [9.17, 15) is 4.79 Å². The first-order valence-corrected chi connectivity index (χ1v) is 9.61. The van der Waals surface area contributed by atoms with Gasteiger partial charge in [0, 0.05) is 17.4 Å². The van der Waals surface area contributed by atoms with Crippen LogP contribution in [0.3, 0.4) is 0 Å². The number of unbranched alkanes of at least 4 members (excludes halogenated alkanes) is 1. The number of aryl methyl sites for hydroxylation is 2. The highest BCUT2D eigenvalue weighted by Gasteiger charge is 2.21. The summed E-state index contributed by atoms with van der Waals surface area (Å²) in [5, 5.41) is 5.00. The lowest BCUT2D eigenvalue weighted by Gasteiger charge is -2.13. The maximum atomic E-state index is 13.1. The molecule has 3 aromatic rings. The number of carbonyl (C=O) groups excluding carboxylic acids is 1. The fourth-order valence-electron chi connectivity index (χ4n) is 3.12. The SMILES string of the molecule is CCCCn1c(C(=O)Nc2cc(Cl)c(Cl)cc2Cl)c(C)c2ccccc21. The Morgan fingerprint density at radius 1 is 1.08 bits per heavy atom. The minimum Gasteiger partial charge on any atom is -0.336 e. The number of para-hydroxylation sites is 1. The number of nitrogens with one attached hydrogen (secondary N) is 1. The molecule has 0 fully saturated rings. The lowest BCUT2D eigenvalue weighted by Crippen LogP contribution is -2.18. The van der Waals surface area contributed by atoms with Crippen LogP contribution in [0, 0.1) is 6.92 Å². The molecule has 0 radical (unpaired) electrons. The van der Waals surface area contributed by atoms with Gasteiger partial charge in [-0.1, -0.05) is 66.3 Å². The quantitative estimate of drug-likeness (QED) is 0.454. The maximum Gasteiger partial charge on any atom is 0.272 e. The van der Waals surface area contributed by atoms with E-state index in [1.807, 2.05) is 31.2 Å². The van der Waals surface area contributed by atoms with E-state index in [-0.39, 0.29) is 5.91 Å². The van der Waals surface area contributed by atoms with Gasteiger partial charge in [0.25, 0.3) is 5.91 Å². The Labute approximate surface area is 167 Å². The molecule has 136 valence electrons. The number of hydrogen-bond acceptors (Lipinski definition) is 1. The topological polar surface area (TPSA) is 34.0 Å². The summed E-state index contributed by atoms with van der Waals surface area (Å²) in [7, 11) is 0. The number of nitrogens with zero attached hydrogens (tertiary/aromatic N) is 1. The highest BCUT2D eigenvalue weighted by molar-refractivity contribution is 6.44. The van der Waals surface area contributed by atoms with Crippen molar-refractivity contribution >= 4 is 57.3 Å². The summed E-state index contributed by atoms with van der Waals surface area (Å²) >= 11 is 18.2. The molecule has 0 atom stereocenters. The average Bonchev–Trinajstić information content (AvgIpc) is 2.90. The molecule has 0 saturated carbocycles. The predicted molar refractivity (Wildman–Crippen MR) is 111 cm³/mol. The van der Waals surface area contributed by atoms with E-state index in [0.717, 1.165) is 35.9 Å². The maximum absolute atomic E-state index is 13.1. The summed E-state index contributed by atoms with van der Waals surface area (Å²) in [5.74, 6) is -0.213. The second-order valence-electron chi connectivity index (χ2n) is 6.20. The zero-order valence-corrected chi connectivity index (χ0v) is 16.8. The van der Waals surface area contributed by atoms with Crippen LogP contribution in [0.2, 0.25) is 15.1 Å². The normalized spacial score (nSPS) is 11.1. The molecule has 2 aromatic carbocycles. The zero-order valence-electron chi connectivity index (χ0n) is 14.6. The molecule has 0 spiro atoms. The van der Waals surface area contributed by atoms with Gasteiger partial charge < -0.3 is 9.88 Å². The number of hydrogen-bond donors (Lipinski definition) is 1. The largest absolute Gasteiger partial charge is 0.336 e. The number of fused-ring (bicyclic) bond motifs is 1. The minimum atomic E-state index is -0.213. The Morgan fingerprint density at radius 3 is 2.50 bits per heavy atom. The van der Waals surface area contributed by atoms with Crippen LogP contribution in [-0.2, 0) is 6.54 Å². The van der Waals surface area contributed by atoms with Gasteiger partial charge in [-0.2, -0.15) is 0 Å². The van der Waals surface area contributed by atoms with Gasteiger partial charge in [-0.15, -0.1) is 0 Å². The molecule has 0 unspecified atom stereocenters. The lowest BCUT2D eigenvalue weighted by atomic mass is 10.1. The van der Waals surface area contributed by atoms with Gasteiger partial charge in [0.15, 0.2) is 0 Å². The van der Waals surface area contributed by atoms with E-state index in [1.54, 1.807) is 6.07 Å². The van der Waals surface area contributed by atoms with Gasteiger partial charge in [-0.3, -0.25) is 4.79 Å². The summed E-state index contributed by atoms with van der Waals surface area (Å²) in [6.07, 6.45) is 2.04. The molecular weight excluding hydrogens is 391 g/mol. The van der Waals surface area contributed by atoms with Gasteiger partial charge in [0.1, 0.15) is 5.69 Å². The van der Waals surface area contributed by atoms with Crippen LogP contribution in [0.15, 0.2) is 36.4 Å². The van der Waals surface area contributed by atoms with Crippen LogP contribution in [-0.4, -0.2) is 10.5 Å². The summed E-state index contributed by atoms with van der Waals surface area (Å²) in [5.41, 5.74) is 3.09. The van der Waals surface area contributed by atoms with E-state index in [1.165, 1.54) is 6.07 Å². The molecule has 0 saturated heterocycles. The number of aromatic nitrogens is 1. The van der Waals surface area contributed by atoms with Crippen LogP contribution < -0.4 is 5.32 Å². The number of anilines is 1. The van der Waals surface area contributed by atoms with Gasteiger partial charge >= 0.3 is 0 Å². The third kappa shape index (κ3) is 3.57. The van der Waals surface area contributed by atoms with Crippen molar-refractivity contribution in [1.82, 2.24) is 4.57 Å². The van der Waals surface area contributed by atoms with Gasteiger partial charge in [-0.05, 0) is 37.1 Å². The van der Waals surface area contributed by atoms with E-state index < -0.39 is 0 Å². The van der Waals surface area contributed by atoms with Gasteiger partial charge in [-0.25, -0.2) is 0 Å². The Hall–Kier alpha value is -1.68. The smallest absolute Gasteiger partial charge is 0.272 e. The summed E-state index contributed by atoms with van der Waals surface area (Å²) in [6, 6.07) is 11.1. The van der Waals surface area contributed by atoms with Crippen molar-refractivity contribution in [2.75, 3.05) is 5.32 Å². The summed E-state index contributed by atoms with van der Waals surface area (Å²) < 4.78 is 2.08. The van der Waals surface area contributed by atoms with E-state index in [4.69, 9.17) is 34.8 Å². The van der Waals surface area contributed by atoms with Crippen LogP contribution in [0.4, 0.5) is 5.69 Å². The molecule has 1 aromatic heterocycles. The highest BCUT2D eigenvalue weighted by atomic mass is 35.5. The van der Waals surface area contributed by atoms with Crippen molar-refractivity contribution in [1.29, 1.82) is 0 Å². The number of rotatable bonds is 5. The van der Waals surface area contributed by atoms with Gasteiger partial charge in [0.05, 0.1) is 20.8 Å². The van der Waals surface area contributed by atoms with Crippen molar-refractivity contribution < 1.29 is 4.79 Å². The van der Waals surface area contributed by atoms with Crippen molar-refractivity contribution in [3.05, 3.63) is 62.7 Å². The molecular formula is C20H19Cl3N2O. The van der Waals surface area contributed by atoms with E-state index >= 15 is 0 Å². The van der Waals surface area contributed by atoms with E-state index in [2.05, 4.69) is 16.8 Å². The fraction of sp³-hybridized carbons (Fsp3) is 0.250. The van der Waals surface area contributed by atoms with Crippen LogP contribution in [0.25, 0.3) is 10.9 Å². The number of amides is 1. The molecule has 0 aliphatic carbocycles. The van der Waals surface area contributed by atoms with Crippen LogP contribution in [0.1, 0.15) is 35.8 Å². The molecule has 0 bridgehead atoms. The second kappa shape index (κ2) is 7.91. The van der Waals surface area contributed by atoms with Gasteiger partial charge in [0.2, 0.25) is 0 Å². The molecule has 3 rings (SSSR count). The zero-order chi connectivity index (χ0) is 18.8. The molecule has 1 N–H and O–H groups in total. The van der Waals surface area contributed by atoms with Crippen molar-refractivity contribution in [2.24, 2.45) is 0 Å². The Balaban J connectivity index is 2.05. The average molecular weight is 410 g/mol. The molecule has 0 aliphatic heterocycles. The molecule has 1 amide bonds.